The van der Waals surface area contributed by atoms with Crippen LogP contribution in [0, 0.1) is 0 Å². The molecule has 0 bridgehead atoms. The van der Waals surface area contributed by atoms with E-state index >= 15 is 0 Å². The number of pyridine rings is 1. The molecule has 0 amide bonds. The molecule has 2 aromatic rings. The van der Waals surface area contributed by atoms with Gasteiger partial charge in [0.05, 0.1) is 26.0 Å². The Balaban J connectivity index is 2.26. The van der Waals surface area contributed by atoms with Crippen LogP contribution in [0.3, 0.4) is 0 Å². The maximum Gasteiger partial charge on any atom is 0.137 e. The standard InChI is InChI=1S/C16H20N2O2/c1-4-20-14-7-5-12(6-8-14)16(17-2)13-9-15(19-3)11-18-10-13/h5-11,16-17H,4H2,1-3H3. The van der Waals surface area contributed by atoms with Crippen molar-refractivity contribution in [1.82, 2.24) is 10.3 Å². The largest absolute Gasteiger partial charge is 0.495 e. The van der Waals surface area contributed by atoms with Gasteiger partial charge in [0.2, 0.25) is 0 Å². The Morgan fingerprint density at radius 3 is 2.45 bits per heavy atom. The Kier molecular flexibility index (Phi) is 4.96. The SMILES string of the molecule is CCOc1ccc(C(NC)c2cncc(OC)c2)cc1. The first kappa shape index (κ1) is 14.3. The molecule has 0 spiro atoms. The summed E-state index contributed by atoms with van der Waals surface area (Å²) < 4.78 is 10.7. The molecule has 1 heterocycles. The lowest BCUT2D eigenvalue weighted by molar-refractivity contribution is 0.340. The van der Waals surface area contributed by atoms with Crippen LogP contribution in [0.1, 0.15) is 24.1 Å². The summed E-state index contributed by atoms with van der Waals surface area (Å²) in [4.78, 5) is 4.21. The number of methoxy groups -OCH3 is 1. The molecule has 1 unspecified atom stereocenters. The van der Waals surface area contributed by atoms with Gasteiger partial charge in [-0.3, -0.25) is 4.98 Å². The summed E-state index contributed by atoms with van der Waals surface area (Å²) in [5, 5.41) is 3.30. The van der Waals surface area contributed by atoms with Crippen LogP contribution in [0.5, 0.6) is 11.5 Å². The molecular weight excluding hydrogens is 252 g/mol. The first-order valence-electron chi connectivity index (χ1n) is 6.67. The Hall–Kier alpha value is -2.07. The van der Waals surface area contributed by atoms with Crippen molar-refractivity contribution >= 4 is 0 Å². The minimum absolute atomic E-state index is 0.0771. The zero-order valence-electron chi connectivity index (χ0n) is 12.1. The molecule has 0 aliphatic rings. The fraction of sp³-hybridized carbons (Fsp3) is 0.312. The van der Waals surface area contributed by atoms with Crippen molar-refractivity contribution < 1.29 is 9.47 Å². The molecule has 0 aliphatic carbocycles. The van der Waals surface area contributed by atoms with Crippen molar-refractivity contribution in [2.75, 3.05) is 20.8 Å². The highest BCUT2D eigenvalue weighted by Gasteiger charge is 2.13. The quantitative estimate of drug-likeness (QED) is 0.878. The van der Waals surface area contributed by atoms with E-state index in [9.17, 15) is 0 Å². The molecule has 0 saturated heterocycles. The van der Waals surface area contributed by atoms with Crippen LogP contribution >= 0.6 is 0 Å². The summed E-state index contributed by atoms with van der Waals surface area (Å²) in [7, 11) is 3.58. The van der Waals surface area contributed by atoms with Gasteiger partial charge in [-0.2, -0.15) is 0 Å². The number of nitrogens with zero attached hydrogens (tertiary/aromatic N) is 1. The van der Waals surface area contributed by atoms with E-state index in [1.54, 1.807) is 13.3 Å². The highest BCUT2D eigenvalue weighted by molar-refractivity contribution is 5.36. The Morgan fingerprint density at radius 1 is 1.10 bits per heavy atom. The van der Waals surface area contributed by atoms with E-state index in [0.29, 0.717) is 6.61 Å². The number of hydrogen-bond donors (Lipinski definition) is 1. The average Bonchev–Trinajstić information content (AvgIpc) is 2.50. The third-order valence-corrected chi connectivity index (χ3v) is 3.12. The van der Waals surface area contributed by atoms with Crippen LogP contribution in [0.25, 0.3) is 0 Å². The molecule has 2 rings (SSSR count). The van der Waals surface area contributed by atoms with Crippen LogP contribution in [-0.4, -0.2) is 25.7 Å². The molecule has 0 saturated carbocycles. The maximum atomic E-state index is 5.46. The molecule has 106 valence electrons. The molecule has 20 heavy (non-hydrogen) atoms. The maximum absolute atomic E-state index is 5.46. The van der Waals surface area contributed by atoms with Gasteiger partial charge < -0.3 is 14.8 Å². The molecule has 4 nitrogen and oxygen atoms in total. The van der Waals surface area contributed by atoms with Crippen LogP contribution in [-0.2, 0) is 0 Å². The van der Waals surface area contributed by atoms with Crippen molar-refractivity contribution in [2.45, 2.75) is 13.0 Å². The van der Waals surface area contributed by atoms with Crippen molar-refractivity contribution in [2.24, 2.45) is 0 Å². The third-order valence-electron chi connectivity index (χ3n) is 3.12. The van der Waals surface area contributed by atoms with Gasteiger partial charge in [0.25, 0.3) is 0 Å². The van der Waals surface area contributed by atoms with Crippen molar-refractivity contribution in [3.8, 4) is 11.5 Å². The van der Waals surface area contributed by atoms with Crippen molar-refractivity contribution in [1.29, 1.82) is 0 Å². The van der Waals surface area contributed by atoms with Crippen molar-refractivity contribution in [3.05, 3.63) is 53.9 Å². The van der Waals surface area contributed by atoms with Gasteiger partial charge in [-0.1, -0.05) is 12.1 Å². The molecule has 1 aromatic carbocycles. The van der Waals surface area contributed by atoms with E-state index in [-0.39, 0.29) is 6.04 Å². The van der Waals surface area contributed by atoms with Gasteiger partial charge in [0.1, 0.15) is 11.5 Å². The Morgan fingerprint density at radius 2 is 1.85 bits per heavy atom. The molecule has 1 aromatic heterocycles. The summed E-state index contributed by atoms with van der Waals surface area (Å²) in [5.74, 6) is 1.64. The van der Waals surface area contributed by atoms with Crippen molar-refractivity contribution in [3.63, 3.8) is 0 Å². The topological polar surface area (TPSA) is 43.4 Å². The number of rotatable bonds is 6. The van der Waals surface area contributed by atoms with Crippen LogP contribution in [0.2, 0.25) is 0 Å². The van der Waals surface area contributed by atoms with E-state index in [4.69, 9.17) is 9.47 Å². The molecule has 0 radical (unpaired) electrons. The third kappa shape index (κ3) is 3.27. The zero-order chi connectivity index (χ0) is 14.4. The van der Waals surface area contributed by atoms with Gasteiger partial charge in [0, 0.05) is 6.20 Å². The lowest BCUT2D eigenvalue weighted by atomic mass is 10.0. The second kappa shape index (κ2) is 6.91. The molecule has 0 fully saturated rings. The minimum atomic E-state index is 0.0771. The number of hydrogen-bond acceptors (Lipinski definition) is 4. The predicted octanol–water partition coefficient (Wildman–Crippen LogP) is 2.80. The predicted molar refractivity (Wildman–Crippen MR) is 79.3 cm³/mol. The van der Waals surface area contributed by atoms with Crippen LogP contribution in [0.15, 0.2) is 42.7 Å². The summed E-state index contributed by atoms with van der Waals surface area (Å²) in [5.41, 5.74) is 2.22. The lowest BCUT2D eigenvalue weighted by Crippen LogP contribution is -2.17. The number of benzene rings is 1. The van der Waals surface area contributed by atoms with E-state index in [2.05, 4.69) is 22.4 Å². The number of ether oxygens (including phenoxy) is 2. The monoisotopic (exact) mass is 272 g/mol. The molecule has 0 aliphatic heterocycles. The van der Waals surface area contributed by atoms with Crippen LogP contribution in [0.4, 0.5) is 0 Å². The summed E-state index contributed by atoms with van der Waals surface area (Å²) in [6, 6.07) is 10.2. The van der Waals surface area contributed by atoms with Gasteiger partial charge in [-0.15, -0.1) is 0 Å². The Labute approximate surface area is 119 Å². The fourth-order valence-electron chi connectivity index (χ4n) is 2.15. The highest BCUT2D eigenvalue weighted by atomic mass is 16.5. The number of aromatic nitrogens is 1. The molecule has 1 N–H and O–H groups in total. The van der Waals surface area contributed by atoms with Gasteiger partial charge in [-0.05, 0) is 43.3 Å². The highest BCUT2D eigenvalue weighted by Crippen LogP contribution is 2.25. The average molecular weight is 272 g/mol. The summed E-state index contributed by atoms with van der Waals surface area (Å²) in [6.45, 7) is 2.65. The fourth-order valence-corrected chi connectivity index (χ4v) is 2.15. The van der Waals surface area contributed by atoms with E-state index in [0.717, 1.165) is 22.6 Å². The minimum Gasteiger partial charge on any atom is -0.495 e. The van der Waals surface area contributed by atoms with E-state index < -0.39 is 0 Å². The van der Waals surface area contributed by atoms with Crippen LogP contribution < -0.4 is 14.8 Å². The smallest absolute Gasteiger partial charge is 0.137 e. The van der Waals surface area contributed by atoms with E-state index in [1.807, 2.05) is 38.4 Å². The second-order valence-electron chi connectivity index (χ2n) is 4.38. The number of nitrogens with one attached hydrogen (secondary N) is 1. The molecule has 1 atom stereocenters. The summed E-state index contributed by atoms with van der Waals surface area (Å²) in [6.07, 6.45) is 3.55. The van der Waals surface area contributed by atoms with E-state index in [1.165, 1.54) is 0 Å². The Bertz CT molecular complexity index is 540. The lowest BCUT2D eigenvalue weighted by Gasteiger charge is -2.18. The zero-order valence-corrected chi connectivity index (χ0v) is 12.1. The molecular formula is C16H20N2O2. The second-order valence-corrected chi connectivity index (χ2v) is 4.38. The first-order valence-corrected chi connectivity index (χ1v) is 6.67. The summed E-state index contributed by atoms with van der Waals surface area (Å²) >= 11 is 0. The first-order chi connectivity index (χ1) is 9.78. The normalized spacial score (nSPS) is 11.9. The van der Waals surface area contributed by atoms with Gasteiger partial charge in [-0.25, -0.2) is 0 Å². The molecule has 4 heteroatoms. The van der Waals surface area contributed by atoms with Gasteiger partial charge in [0.15, 0.2) is 0 Å². The van der Waals surface area contributed by atoms with Gasteiger partial charge >= 0.3 is 0 Å².